The summed E-state index contributed by atoms with van der Waals surface area (Å²) in [7, 11) is 0. The van der Waals surface area contributed by atoms with Crippen LogP contribution >= 0.6 is 15.9 Å². The van der Waals surface area contributed by atoms with Gasteiger partial charge in [0, 0.05) is 16.2 Å². The molecule has 13 heavy (non-hydrogen) atoms. The van der Waals surface area contributed by atoms with Crippen LogP contribution in [0.3, 0.4) is 0 Å². The minimum absolute atomic E-state index is 0.267. The molecule has 0 aromatic carbocycles. The van der Waals surface area contributed by atoms with Crippen molar-refractivity contribution in [2.45, 2.75) is 19.1 Å². The Bertz CT molecular complexity index is 348. The summed E-state index contributed by atoms with van der Waals surface area (Å²) >= 11 is 3.21. The molecule has 0 aliphatic rings. The molecule has 0 aliphatic carbocycles. The Hall–Kier alpha value is -0.650. The van der Waals surface area contributed by atoms with Gasteiger partial charge < -0.3 is 15.8 Å². The first-order valence-electron chi connectivity index (χ1n) is 3.84. The molecule has 0 amide bonds. The highest BCUT2D eigenvalue weighted by Gasteiger charge is 2.15. The molecule has 0 saturated heterocycles. The van der Waals surface area contributed by atoms with Crippen LogP contribution in [0.4, 0.5) is 0 Å². The van der Waals surface area contributed by atoms with Crippen molar-refractivity contribution in [1.29, 1.82) is 0 Å². The van der Waals surface area contributed by atoms with Crippen molar-refractivity contribution in [1.82, 2.24) is 4.98 Å². The van der Waals surface area contributed by atoms with E-state index in [9.17, 15) is 9.90 Å². The summed E-state index contributed by atoms with van der Waals surface area (Å²) in [6, 6.07) is 0.956. The van der Waals surface area contributed by atoms with E-state index in [1.165, 1.54) is 6.20 Å². The molecular weight excluding hydrogens is 236 g/mol. The number of aliphatic hydroxyl groups excluding tert-OH is 1. The van der Waals surface area contributed by atoms with Gasteiger partial charge in [-0.05, 0) is 28.9 Å². The number of nitrogens with two attached hydrogens (primary N) is 1. The van der Waals surface area contributed by atoms with E-state index in [0.717, 1.165) is 4.47 Å². The van der Waals surface area contributed by atoms with Crippen molar-refractivity contribution >= 4 is 15.9 Å². The fourth-order valence-electron chi connectivity index (χ4n) is 0.981. The Balaban J connectivity index is 3.13. The Kier molecular flexibility index (Phi) is 3.24. The Morgan fingerprint density at radius 2 is 2.31 bits per heavy atom. The fourth-order valence-corrected chi connectivity index (χ4v) is 1.34. The number of halogens is 1. The van der Waals surface area contributed by atoms with E-state index < -0.39 is 12.1 Å². The van der Waals surface area contributed by atoms with Gasteiger partial charge in [-0.3, -0.25) is 4.79 Å². The average molecular weight is 247 g/mol. The molecule has 1 aromatic rings. The molecule has 1 rings (SSSR count). The van der Waals surface area contributed by atoms with E-state index in [2.05, 4.69) is 20.9 Å². The largest absolute Gasteiger partial charge is 0.391 e. The average Bonchev–Trinajstić information content (AvgIpc) is 2.08. The van der Waals surface area contributed by atoms with Gasteiger partial charge in [0.05, 0.1) is 12.1 Å². The van der Waals surface area contributed by atoms with Crippen LogP contribution in [-0.2, 0) is 0 Å². The van der Waals surface area contributed by atoms with Crippen molar-refractivity contribution in [2.24, 2.45) is 5.73 Å². The Morgan fingerprint density at radius 3 is 2.85 bits per heavy atom. The van der Waals surface area contributed by atoms with Crippen LogP contribution in [0.25, 0.3) is 0 Å². The number of H-pyrrole nitrogens is 1. The molecule has 1 heterocycles. The summed E-state index contributed by atoms with van der Waals surface area (Å²) < 4.78 is 0.734. The summed E-state index contributed by atoms with van der Waals surface area (Å²) in [5.41, 5.74) is 5.73. The number of hydrogen-bond acceptors (Lipinski definition) is 3. The van der Waals surface area contributed by atoms with E-state index in [0.29, 0.717) is 5.56 Å². The molecule has 0 spiro atoms. The SMILES string of the molecule is C[C@H](O)[C@H](N)c1cc(Br)c[nH]c1=O. The molecule has 5 heteroatoms. The molecule has 0 aliphatic heterocycles. The lowest BCUT2D eigenvalue weighted by Gasteiger charge is -2.13. The van der Waals surface area contributed by atoms with Crippen LogP contribution in [0.5, 0.6) is 0 Å². The standard InChI is InChI=1S/C8H11BrN2O2/c1-4(12)7(10)6-2-5(9)3-11-8(6)13/h2-4,7,12H,10H2,1H3,(H,11,13)/t4-,7-/m0/s1. The van der Waals surface area contributed by atoms with Gasteiger partial charge in [0.15, 0.2) is 0 Å². The van der Waals surface area contributed by atoms with Crippen molar-refractivity contribution in [3.05, 3.63) is 32.7 Å². The molecule has 0 saturated carbocycles. The smallest absolute Gasteiger partial charge is 0.252 e. The number of aliphatic hydroxyl groups is 1. The molecule has 0 fully saturated rings. The molecule has 1 aromatic heterocycles. The van der Waals surface area contributed by atoms with Crippen LogP contribution in [0, 0.1) is 0 Å². The van der Waals surface area contributed by atoms with Gasteiger partial charge in [-0.15, -0.1) is 0 Å². The maximum absolute atomic E-state index is 11.2. The molecule has 0 unspecified atom stereocenters. The predicted molar refractivity (Wildman–Crippen MR) is 53.4 cm³/mol. The van der Waals surface area contributed by atoms with Crippen molar-refractivity contribution < 1.29 is 5.11 Å². The minimum atomic E-state index is -0.740. The lowest BCUT2D eigenvalue weighted by Crippen LogP contribution is -2.29. The zero-order chi connectivity index (χ0) is 10.0. The Labute approximate surface area is 83.9 Å². The maximum Gasteiger partial charge on any atom is 0.252 e. The van der Waals surface area contributed by atoms with Crippen molar-refractivity contribution in [2.75, 3.05) is 0 Å². The van der Waals surface area contributed by atoms with E-state index in [4.69, 9.17) is 5.73 Å². The molecule has 2 atom stereocenters. The number of aromatic nitrogens is 1. The predicted octanol–water partition coefficient (Wildman–Crippen LogP) is 0.518. The third kappa shape index (κ3) is 2.40. The summed E-state index contributed by atoms with van der Waals surface area (Å²) in [6.07, 6.45) is 0.788. The van der Waals surface area contributed by atoms with Gasteiger partial charge in [0.2, 0.25) is 0 Å². The van der Waals surface area contributed by atoms with E-state index in [1.807, 2.05) is 0 Å². The van der Waals surface area contributed by atoms with E-state index in [1.54, 1.807) is 13.0 Å². The van der Waals surface area contributed by atoms with Gasteiger partial charge in [0.1, 0.15) is 0 Å². The third-order valence-corrected chi connectivity index (χ3v) is 2.23. The van der Waals surface area contributed by atoms with Gasteiger partial charge in [-0.25, -0.2) is 0 Å². The number of hydrogen-bond donors (Lipinski definition) is 3. The lowest BCUT2D eigenvalue weighted by molar-refractivity contribution is 0.163. The zero-order valence-corrected chi connectivity index (χ0v) is 8.71. The number of rotatable bonds is 2. The normalized spacial score (nSPS) is 15.4. The maximum atomic E-state index is 11.2. The topological polar surface area (TPSA) is 79.1 Å². The van der Waals surface area contributed by atoms with Crippen molar-refractivity contribution in [3.63, 3.8) is 0 Å². The van der Waals surface area contributed by atoms with E-state index in [-0.39, 0.29) is 5.56 Å². The second-order valence-electron chi connectivity index (χ2n) is 2.87. The first kappa shape index (κ1) is 10.4. The van der Waals surface area contributed by atoms with Gasteiger partial charge >= 0.3 is 0 Å². The molecule has 0 bridgehead atoms. The molecular formula is C8H11BrN2O2. The highest BCUT2D eigenvalue weighted by Crippen LogP contribution is 2.14. The molecule has 4 nitrogen and oxygen atoms in total. The molecule has 72 valence electrons. The zero-order valence-electron chi connectivity index (χ0n) is 7.12. The second-order valence-corrected chi connectivity index (χ2v) is 3.78. The van der Waals surface area contributed by atoms with E-state index >= 15 is 0 Å². The number of pyridine rings is 1. The molecule has 4 N–H and O–H groups in total. The van der Waals surface area contributed by atoms with Crippen LogP contribution in [0.15, 0.2) is 21.5 Å². The first-order chi connectivity index (χ1) is 6.02. The van der Waals surface area contributed by atoms with Crippen LogP contribution < -0.4 is 11.3 Å². The lowest BCUT2D eigenvalue weighted by atomic mass is 10.1. The van der Waals surface area contributed by atoms with Crippen molar-refractivity contribution in [3.8, 4) is 0 Å². The summed E-state index contributed by atoms with van der Waals surface area (Å²) in [6.45, 7) is 1.55. The summed E-state index contributed by atoms with van der Waals surface area (Å²) in [5.74, 6) is 0. The van der Waals surface area contributed by atoms with Gasteiger partial charge in [-0.2, -0.15) is 0 Å². The van der Waals surface area contributed by atoms with Gasteiger partial charge in [0.25, 0.3) is 5.56 Å². The minimum Gasteiger partial charge on any atom is -0.391 e. The second kappa shape index (κ2) is 4.04. The first-order valence-corrected chi connectivity index (χ1v) is 4.63. The van der Waals surface area contributed by atoms with Gasteiger partial charge in [-0.1, -0.05) is 0 Å². The molecule has 0 radical (unpaired) electrons. The Morgan fingerprint density at radius 1 is 1.69 bits per heavy atom. The summed E-state index contributed by atoms with van der Waals surface area (Å²) in [4.78, 5) is 13.8. The fraction of sp³-hybridized carbons (Fsp3) is 0.375. The van der Waals surface area contributed by atoms with Crippen LogP contribution in [0.2, 0.25) is 0 Å². The third-order valence-electron chi connectivity index (χ3n) is 1.78. The van der Waals surface area contributed by atoms with Crippen LogP contribution in [-0.4, -0.2) is 16.2 Å². The highest BCUT2D eigenvalue weighted by molar-refractivity contribution is 9.10. The van der Waals surface area contributed by atoms with Crippen LogP contribution in [0.1, 0.15) is 18.5 Å². The number of nitrogens with one attached hydrogen (secondary N) is 1. The quantitative estimate of drug-likeness (QED) is 0.712. The number of aromatic amines is 1. The monoisotopic (exact) mass is 246 g/mol. The highest BCUT2D eigenvalue weighted by atomic mass is 79.9. The summed E-state index contributed by atoms with van der Waals surface area (Å²) in [5, 5.41) is 9.20.